The molecule has 0 unspecified atom stereocenters. The van der Waals surface area contributed by atoms with Crippen molar-refractivity contribution in [3.05, 3.63) is 28.8 Å². The molecule has 0 heterocycles. The minimum Gasteiger partial charge on any atom is -0.398 e. The lowest BCUT2D eigenvalue weighted by atomic mass is 10.1. The molecule has 0 aliphatic carbocycles. The molecule has 0 spiro atoms. The summed E-state index contributed by atoms with van der Waals surface area (Å²) in [6.45, 7) is 4.35. The first-order valence-electron chi connectivity index (χ1n) is 6.02. The van der Waals surface area contributed by atoms with E-state index in [1.54, 1.807) is 12.1 Å². The van der Waals surface area contributed by atoms with Crippen LogP contribution in [0.2, 0.25) is 5.02 Å². The average Bonchev–Trinajstić information content (AvgIpc) is 2.33. The third-order valence-corrected chi connectivity index (χ3v) is 2.73. The number of nitrogens with one attached hydrogen (secondary N) is 2. The number of benzene rings is 1. The van der Waals surface area contributed by atoms with Crippen LogP contribution >= 0.6 is 11.6 Å². The maximum atomic E-state index is 11.8. The molecular formula is C13H18ClN3O2. The highest BCUT2D eigenvalue weighted by molar-refractivity contribution is 6.31. The first-order chi connectivity index (χ1) is 8.91. The van der Waals surface area contributed by atoms with Crippen LogP contribution in [0.4, 0.5) is 5.69 Å². The Balaban J connectivity index is 2.41. The number of hydrogen-bond acceptors (Lipinski definition) is 3. The molecule has 0 saturated carbocycles. The summed E-state index contributed by atoms with van der Waals surface area (Å²) in [5.74, 6) is -0.393. The number of anilines is 1. The van der Waals surface area contributed by atoms with Crippen molar-refractivity contribution in [3.63, 3.8) is 0 Å². The standard InChI is InChI=1S/C13H18ClN3O2/c1-8(2)12(18)16-5-6-17-13(19)10-4-3-9(14)7-11(10)15/h3-4,7-8H,5-6,15H2,1-2H3,(H,16,18)(H,17,19). The van der Waals surface area contributed by atoms with Gasteiger partial charge in [0.15, 0.2) is 0 Å². The summed E-state index contributed by atoms with van der Waals surface area (Å²) >= 11 is 5.75. The highest BCUT2D eigenvalue weighted by Gasteiger charge is 2.10. The van der Waals surface area contributed by atoms with Gasteiger partial charge >= 0.3 is 0 Å². The number of hydrogen-bond donors (Lipinski definition) is 3. The molecule has 0 saturated heterocycles. The molecule has 0 aromatic heterocycles. The summed E-state index contributed by atoms with van der Waals surface area (Å²) in [4.78, 5) is 23.1. The molecule has 6 heteroatoms. The van der Waals surface area contributed by atoms with Crippen LogP contribution in [0.25, 0.3) is 0 Å². The predicted molar refractivity (Wildman–Crippen MR) is 76.0 cm³/mol. The summed E-state index contributed by atoms with van der Waals surface area (Å²) < 4.78 is 0. The molecule has 2 amide bonds. The van der Waals surface area contributed by atoms with Gasteiger partial charge in [-0.15, -0.1) is 0 Å². The molecule has 1 aromatic rings. The first kappa shape index (κ1) is 15.3. The molecule has 0 aliphatic rings. The number of amides is 2. The molecular weight excluding hydrogens is 266 g/mol. The van der Waals surface area contributed by atoms with Crippen molar-refractivity contribution in [1.29, 1.82) is 0 Å². The molecule has 104 valence electrons. The molecule has 4 N–H and O–H groups in total. The smallest absolute Gasteiger partial charge is 0.253 e. The minimum absolute atomic E-state index is 0.0414. The predicted octanol–water partition coefficient (Wildman–Crippen LogP) is 1.42. The average molecular weight is 284 g/mol. The second kappa shape index (κ2) is 6.99. The first-order valence-corrected chi connectivity index (χ1v) is 6.40. The molecule has 0 aliphatic heterocycles. The Kier molecular flexibility index (Phi) is 5.63. The van der Waals surface area contributed by atoms with E-state index < -0.39 is 0 Å². The fraction of sp³-hybridized carbons (Fsp3) is 0.385. The van der Waals surface area contributed by atoms with Crippen molar-refractivity contribution in [1.82, 2.24) is 10.6 Å². The van der Waals surface area contributed by atoms with Gasteiger partial charge in [-0.25, -0.2) is 0 Å². The maximum absolute atomic E-state index is 11.8. The second-order valence-corrected chi connectivity index (χ2v) is 4.87. The van der Waals surface area contributed by atoms with Gasteiger partial charge in [0.1, 0.15) is 0 Å². The van der Waals surface area contributed by atoms with Crippen molar-refractivity contribution in [2.45, 2.75) is 13.8 Å². The third-order valence-electron chi connectivity index (χ3n) is 2.49. The van der Waals surface area contributed by atoms with Crippen LogP contribution < -0.4 is 16.4 Å². The van der Waals surface area contributed by atoms with E-state index in [-0.39, 0.29) is 17.7 Å². The van der Waals surface area contributed by atoms with E-state index in [1.807, 2.05) is 13.8 Å². The third kappa shape index (κ3) is 4.79. The van der Waals surface area contributed by atoms with E-state index in [2.05, 4.69) is 10.6 Å². The van der Waals surface area contributed by atoms with Crippen molar-refractivity contribution in [3.8, 4) is 0 Å². The quantitative estimate of drug-likeness (QED) is 0.564. The summed E-state index contributed by atoms with van der Waals surface area (Å²) in [5, 5.41) is 5.87. The normalized spacial score (nSPS) is 10.3. The number of carbonyl (C=O) groups is 2. The molecule has 0 fully saturated rings. The van der Waals surface area contributed by atoms with Crippen LogP contribution in [0, 0.1) is 5.92 Å². The van der Waals surface area contributed by atoms with E-state index in [4.69, 9.17) is 17.3 Å². The van der Waals surface area contributed by atoms with Crippen molar-refractivity contribution < 1.29 is 9.59 Å². The summed E-state index contributed by atoms with van der Waals surface area (Å²) in [5.41, 5.74) is 6.40. The topological polar surface area (TPSA) is 84.2 Å². The van der Waals surface area contributed by atoms with Crippen LogP contribution in [0.3, 0.4) is 0 Å². The van der Waals surface area contributed by atoms with Crippen LogP contribution in [-0.2, 0) is 4.79 Å². The lowest BCUT2D eigenvalue weighted by molar-refractivity contribution is -0.123. The zero-order valence-electron chi connectivity index (χ0n) is 11.0. The Morgan fingerprint density at radius 2 is 1.89 bits per heavy atom. The summed E-state index contributed by atoms with van der Waals surface area (Å²) in [7, 11) is 0. The number of rotatable bonds is 5. The molecule has 19 heavy (non-hydrogen) atoms. The molecule has 0 bridgehead atoms. The SMILES string of the molecule is CC(C)C(=O)NCCNC(=O)c1ccc(Cl)cc1N. The van der Waals surface area contributed by atoms with Crippen LogP contribution in [0.5, 0.6) is 0 Å². The van der Waals surface area contributed by atoms with Crippen LogP contribution in [0.15, 0.2) is 18.2 Å². The van der Waals surface area contributed by atoms with Crippen molar-refractivity contribution in [2.24, 2.45) is 5.92 Å². The number of nitrogens with two attached hydrogens (primary N) is 1. The van der Waals surface area contributed by atoms with Gasteiger partial charge < -0.3 is 16.4 Å². The highest BCUT2D eigenvalue weighted by atomic mass is 35.5. The fourth-order valence-corrected chi connectivity index (χ4v) is 1.58. The lowest BCUT2D eigenvalue weighted by Crippen LogP contribution is -2.36. The van der Waals surface area contributed by atoms with Gasteiger partial charge in [0.2, 0.25) is 5.91 Å². The lowest BCUT2D eigenvalue weighted by Gasteiger charge is -2.10. The maximum Gasteiger partial charge on any atom is 0.253 e. The number of halogens is 1. The molecule has 1 aromatic carbocycles. The monoisotopic (exact) mass is 283 g/mol. The molecule has 1 rings (SSSR count). The van der Waals surface area contributed by atoms with Gasteiger partial charge in [-0.3, -0.25) is 9.59 Å². The van der Waals surface area contributed by atoms with Gasteiger partial charge in [0, 0.05) is 29.7 Å². The van der Waals surface area contributed by atoms with Gasteiger partial charge in [-0.1, -0.05) is 25.4 Å². The highest BCUT2D eigenvalue weighted by Crippen LogP contribution is 2.17. The van der Waals surface area contributed by atoms with Gasteiger partial charge in [-0.2, -0.15) is 0 Å². The minimum atomic E-state index is -0.284. The Bertz CT molecular complexity index is 475. The van der Waals surface area contributed by atoms with Gasteiger partial charge in [-0.05, 0) is 18.2 Å². The second-order valence-electron chi connectivity index (χ2n) is 4.43. The van der Waals surface area contributed by atoms with Crippen LogP contribution in [0.1, 0.15) is 24.2 Å². The van der Waals surface area contributed by atoms with Crippen molar-refractivity contribution >= 4 is 29.1 Å². The van der Waals surface area contributed by atoms with Gasteiger partial charge in [0.25, 0.3) is 5.91 Å². The summed E-state index contributed by atoms with van der Waals surface area (Å²) in [6, 6.07) is 4.70. The van der Waals surface area contributed by atoms with E-state index in [0.717, 1.165) is 0 Å². The Morgan fingerprint density at radius 3 is 2.47 bits per heavy atom. The van der Waals surface area contributed by atoms with Crippen LogP contribution in [-0.4, -0.2) is 24.9 Å². The van der Waals surface area contributed by atoms with E-state index in [9.17, 15) is 9.59 Å². The summed E-state index contributed by atoms with van der Waals surface area (Å²) in [6.07, 6.45) is 0. The Hall–Kier alpha value is -1.75. The fourth-order valence-electron chi connectivity index (χ4n) is 1.40. The Labute approximate surface area is 117 Å². The van der Waals surface area contributed by atoms with E-state index in [1.165, 1.54) is 6.07 Å². The zero-order chi connectivity index (χ0) is 14.4. The van der Waals surface area contributed by atoms with E-state index in [0.29, 0.717) is 29.4 Å². The molecule has 0 radical (unpaired) electrons. The molecule has 5 nitrogen and oxygen atoms in total. The van der Waals surface area contributed by atoms with Crippen molar-refractivity contribution in [2.75, 3.05) is 18.8 Å². The number of carbonyl (C=O) groups excluding carboxylic acids is 2. The largest absolute Gasteiger partial charge is 0.398 e. The number of nitrogen functional groups attached to an aromatic ring is 1. The van der Waals surface area contributed by atoms with E-state index >= 15 is 0 Å². The molecule has 0 atom stereocenters. The van der Waals surface area contributed by atoms with Gasteiger partial charge in [0.05, 0.1) is 5.56 Å². The zero-order valence-corrected chi connectivity index (χ0v) is 11.8. The Morgan fingerprint density at radius 1 is 1.26 bits per heavy atom.